The molecule has 0 spiro atoms. The standard InChI is InChI=1S/C42H62N16O10S3.HI/c1-18-29(55-36(58-34(18)45)23(12-27(44)60)50-13-22(43)35(46)63)40(67)57-31(33(62)24-14-47-17-51-24)41(68)52-20(3)32(61)19(2)37(64)56-30(21(4)59)39(66)49-10-8-28-53-26(16-69-28)42-54-25(15-70-42)38(65)48-9-7-11-71(5)6;/h14-17,19-23,30-33,50,59,61-62H,7-13,43H2,1-6H3,(H11-,44,45,46,47,48,49,51,52,55,56,57,58,60,63,64,65,66,67,68);1H/t19-,20+,21+,22-,23-,30-,31-,32-,33-;/m0./s1. The van der Waals surface area contributed by atoms with E-state index in [-0.39, 0.29) is 71.6 Å². The highest BCUT2D eigenvalue weighted by molar-refractivity contribution is 7.95. The molecular formula is C42H63IN16O10S3. The number of nitrogens with two attached hydrogens (primary N) is 4. The number of anilines is 1. The van der Waals surface area contributed by atoms with E-state index in [0.717, 1.165) is 12.2 Å². The lowest BCUT2D eigenvalue weighted by Gasteiger charge is -2.30. The summed E-state index contributed by atoms with van der Waals surface area (Å²) in [6.45, 7) is 5.80. The topological polar surface area (TPSA) is 437 Å². The van der Waals surface area contributed by atoms with Gasteiger partial charge in [0.05, 0.1) is 72.0 Å². The summed E-state index contributed by atoms with van der Waals surface area (Å²) < 4.78 is 0. The Morgan fingerprint density at radius 2 is 1.56 bits per heavy atom. The molecule has 0 saturated heterocycles. The zero-order valence-corrected chi connectivity index (χ0v) is 44.9. The normalized spacial score (nSPS) is 15.0. The third-order valence-electron chi connectivity index (χ3n) is 10.8. The van der Waals surface area contributed by atoms with Gasteiger partial charge in [0, 0.05) is 55.2 Å². The molecule has 0 unspecified atom stereocenters. The number of carbonyl (C=O) groups is 7. The number of aliphatic hydroxyl groups is 3. The van der Waals surface area contributed by atoms with E-state index in [2.05, 4.69) is 74.3 Å². The molecule has 4 rings (SSSR count). The third kappa shape index (κ3) is 17.6. The molecule has 30 heteroatoms. The number of primary amides is 2. The predicted octanol–water partition coefficient (Wildman–Crippen LogP) is -6.45. The summed E-state index contributed by atoms with van der Waals surface area (Å²) in [6.07, 6.45) is 2.70. The molecule has 4 heterocycles. The van der Waals surface area contributed by atoms with Crippen LogP contribution >= 0.6 is 22.7 Å². The number of hydrogen-bond acceptors (Lipinski definition) is 20. The van der Waals surface area contributed by atoms with Gasteiger partial charge >= 0.3 is 0 Å². The number of nitrogens with one attached hydrogen (secondary N) is 7. The van der Waals surface area contributed by atoms with Gasteiger partial charge in [-0.25, -0.2) is 24.9 Å². The summed E-state index contributed by atoms with van der Waals surface area (Å²) in [7, 11) is 0.295. The van der Waals surface area contributed by atoms with Crippen LogP contribution in [-0.2, 0) is 41.3 Å². The van der Waals surface area contributed by atoms with Gasteiger partial charge in [-0.15, -0.1) is 22.7 Å². The highest BCUT2D eigenvalue weighted by atomic mass is 127. The molecule has 0 saturated carbocycles. The SMILES string of the molecule is Cc1c(N)nc([C@H](CC(N)=O)NC[C@H](N)C(N)=O)nc1C(=O)N[C@H](C(=O)N[C@H](C)[C@@H](O)[C@H](C)C(=O)N[C@H](C(=O)NCCc1nc(-c2nc(C(=O)NCCC[S+](C)C)cs2)cs1)[C@@H](C)O)[C@@H](O)c1cnc[nH]1.[I-]. The van der Waals surface area contributed by atoms with E-state index in [1.807, 2.05) is 0 Å². The molecule has 0 aliphatic heterocycles. The lowest BCUT2D eigenvalue weighted by molar-refractivity contribution is -0.136. The average Bonchev–Trinajstić information content (AvgIpc) is 4.13. The van der Waals surface area contributed by atoms with E-state index >= 15 is 0 Å². The first kappa shape index (κ1) is 60.8. The van der Waals surface area contributed by atoms with Gasteiger partial charge in [-0.1, -0.05) is 6.92 Å². The van der Waals surface area contributed by atoms with Crippen LogP contribution in [0.5, 0.6) is 0 Å². The third-order valence-corrected chi connectivity index (χ3v) is 13.7. The number of carbonyl (C=O) groups excluding carboxylic acids is 7. The first-order valence-corrected chi connectivity index (χ1v) is 26.1. The molecule has 0 radical (unpaired) electrons. The van der Waals surface area contributed by atoms with Crippen molar-refractivity contribution in [1.82, 2.24) is 61.8 Å². The molecule has 9 atom stereocenters. The minimum Gasteiger partial charge on any atom is -1.00 e. The van der Waals surface area contributed by atoms with Crippen molar-refractivity contribution in [3.05, 3.63) is 56.8 Å². The lowest BCUT2D eigenvalue weighted by atomic mass is 9.96. The van der Waals surface area contributed by atoms with Crippen molar-refractivity contribution in [2.75, 3.05) is 43.6 Å². The Labute approximate surface area is 442 Å². The van der Waals surface area contributed by atoms with Crippen molar-refractivity contribution in [3.8, 4) is 10.7 Å². The largest absolute Gasteiger partial charge is 1.00 e. The van der Waals surface area contributed by atoms with Crippen molar-refractivity contribution in [1.29, 1.82) is 0 Å². The fourth-order valence-corrected chi connectivity index (χ4v) is 8.95. The smallest absolute Gasteiger partial charge is 0.271 e. The fraction of sp³-hybridized carbons (Fsp3) is 0.524. The minimum atomic E-state index is -1.81. The van der Waals surface area contributed by atoms with Gasteiger partial charge in [0.2, 0.25) is 29.5 Å². The molecule has 0 bridgehead atoms. The summed E-state index contributed by atoms with van der Waals surface area (Å²) in [5.41, 5.74) is 23.1. The van der Waals surface area contributed by atoms with Crippen molar-refractivity contribution in [2.24, 2.45) is 23.1 Å². The molecule has 0 aliphatic carbocycles. The Balaban J connectivity index is 0.0000137. The molecule has 18 N–H and O–H groups in total. The number of amides is 7. The number of halogens is 1. The Morgan fingerprint density at radius 1 is 0.847 bits per heavy atom. The van der Waals surface area contributed by atoms with Crippen LogP contribution in [0.25, 0.3) is 10.7 Å². The van der Waals surface area contributed by atoms with Crippen molar-refractivity contribution < 1.29 is 72.9 Å². The first-order chi connectivity index (χ1) is 33.5. The number of hydrogen-bond donors (Lipinski definition) is 14. The minimum absolute atomic E-state index is 0. The second-order valence-corrected chi connectivity index (χ2v) is 21.0. The Morgan fingerprint density at radius 3 is 2.18 bits per heavy atom. The van der Waals surface area contributed by atoms with Gasteiger partial charge < -0.3 is 99.1 Å². The summed E-state index contributed by atoms with van der Waals surface area (Å²) in [6, 6.07) is -6.77. The molecule has 26 nitrogen and oxygen atoms in total. The summed E-state index contributed by atoms with van der Waals surface area (Å²) in [4.78, 5) is 115. The second kappa shape index (κ2) is 28.7. The molecular weight excluding hydrogens is 1110 g/mol. The van der Waals surface area contributed by atoms with Crippen LogP contribution in [0, 0.1) is 12.8 Å². The first-order valence-electron chi connectivity index (χ1n) is 22.1. The van der Waals surface area contributed by atoms with E-state index in [1.54, 1.807) is 10.8 Å². The van der Waals surface area contributed by atoms with Gasteiger partial charge in [-0.2, -0.15) is 0 Å². The zero-order valence-electron chi connectivity index (χ0n) is 40.3. The van der Waals surface area contributed by atoms with E-state index in [0.29, 0.717) is 45.3 Å². The Kier molecular flexibility index (Phi) is 24.2. The number of nitrogen functional groups attached to an aromatic ring is 1. The summed E-state index contributed by atoms with van der Waals surface area (Å²) in [5, 5.41) is 53.5. The number of aliphatic hydroxyl groups excluding tert-OH is 3. The van der Waals surface area contributed by atoms with Crippen molar-refractivity contribution in [3.63, 3.8) is 0 Å². The number of aromatic amines is 1. The number of imidazole rings is 1. The Hall–Kier alpha value is -5.48. The number of H-pyrrole nitrogens is 1. The monoisotopic (exact) mass is 1170 g/mol. The molecule has 0 aliphatic rings. The van der Waals surface area contributed by atoms with Gasteiger partial charge in [-0.05, 0) is 31.7 Å². The second-order valence-electron chi connectivity index (χ2n) is 16.8. The fourth-order valence-electron chi connectivity index (χ4n) is 6.61. The summed E-state index contributed by atoms with van der Waals surface area (Å²) in [5.74, 6) is -6.24. The molecule has 0 fully saturated rings. The van der Waals surface area contributed by atoms with Crippen LogP contribution in [-0.4, -0.2) is 161 Å². The summed E-state index contributed by atoms with van der Waals surface area (Å²) >= 11 is 2.62. The molecule has 0 aromatic carbocycles. The maximum absolute atomic E-state index is 13.9. The lowest BCUT2D eigenvalue weighted by Crippen LogP contribution is -3.00. The molecule has 4 aromatic heterocycles. The number of thiazole rings is 2. The van der Waals surface area contributed by atoms with Gasteiger partial charge in [0.15, 0.2) is 0 Å². The van der Waals surface area contributed by atoms with Gasteiger partial charge in [0.1, 0.15) is 57.7 Å². The van der Waals surface area contributed by atoms with Crippen LogP contribution in [0.1, 0.15) is 88.8 Å². The van der Waals surface area contributed by atoms with E-state index < -0.39 is 96.3 Å². The maximum atomic E-state index is 13.9. The highest BCUT2D eigenvalue weighted by Gasteiger charge is 2.37. The van der Waals surface area contributed by atoms with Crippen LogP contribution in [0.3, 0.4) is 0 Å². The van der Waals surface area contributed by atoms with Gasteiger partial charge in [-0.3, -0.25) is 33.6 Å². The average molecular weight is 1180 g/mol. The zero-order chi connectivity index (χ0) is 52.7. The predicted molar refractivity (Wildman–Crippen MR) is 265 cm³/mol. The van der Waals surface area contributed by atoms with E-state index in [9.17, 15) is 48.9 Å². The highest BCUT2D eigenvalue weighted by Crippen LogP contribution is 2.26. The number of rotatable bonds is 28. The van der Waals surface area contributed by atoms with Crippen molar-refractivity contribution in [2.45, 2.75) is 95.5 Å². The Bertz CT molecular complexity index is 2480. The van der Waals surface area contributed by atoms with Crippen LogP contribution in [0.15, 0.2) is 23.3 Å². The van der Waals surface area contributed by atoms with Gasteiger partial charge in [0.25, 0.3) is 11.8 Å². The van der Waals surface area contributed by atoms with E-state index in [4.69, 9.17) is 22.9 Å². The van der Waals surface area contributed by atoms with Crippen LogP contribution in [0.2, 0.25) is 0 Å². The molecule has 4 aromatic rings. The molecule has 72 heavy (non-hydrogen) atoms. The van der Waals surface area contributed by atoms with E-state index in [1.165, 1.54) is 62.9 Å². The van der Waals surface area contributed by atoms with Crippen molar-refractivity contribution >= 4 is 80.7 Å². The molecule has 7 amide bonds. The van der Waals surface area contributed by atoms with Crippen LogP contribution in [0.4, 0.5) is 5.82 Å². The van der Waals surface area contributed by atoms with Crippen LogP contribution < -0.4 is 78.8 Å². The number of nitrogens with zero attached hydrogens (tertiary/aromatic N) is 5. The maximum Gasteiger partial charge on any atom is 0.271 e. The quantitative estimate of drug-likeness (QED) is 0.0143. The number of aromatic nitrogens is 6. The molecule has 396 valence electrons.